The lowest BCUT2D eigenvalue weighted by Crippen LogP contribution is -2.42. The van der Waals surface area contributed by atoms with E-state index in [1.54, 1.807) is 32.4 Å². The van der Waals surface area contributed by atoms with Crippen LogP contribution in [0.4, 0.5) is 17.1 Å². The Morgan fingerprint density at radius 1 is 1.08 bits per heavy atom. The molecule has 6 heteroatoms. The van der Waals surface area contributed by atoms with Gasteiger partial charge in [-0.05, 0) is 24.3 Å². The van der Waals surface area contributed by atoms with Crippen molar-refractivity contribution in [3.05, 3.63) is 42.5 Å². The average Bonchev–Trinajstić information content (AvgIpc) is 2.64. The van der Waals surface area contributed by atoms with Crippen LogP contribution in [0.1, 0.15) is 0 Å². The molecule has 6 nitrogen and oxygen atoms in total. The van der Waals surface area contributed by atoms with Crippen LogP contribution in [0.3, 0.4) is 0 Å². The zero-order valence-corrected chi connectivity index (χ0v) is 14.8. The van der Waals surface area contributed by atoms with Crippen molar-refractivity contribution in [3.8, 4) is 11.5 Å². The van der Waals surface area contributed by atoms with Crippen LogP contribution >= 0.6 is 0 Å². The average molecular weight is 341 g/mol. The Labute approximate surface area is 147 Å². The summed E-state index contributed by atoms with van der Waals surface area (Å²) in [5, 5.41) is 2.93. The summed E-state index contributed by atoms with van der Waals surface area (Å²) < 4.78 is 10.5. The third kappa shape index (κ3) is 3.63. The van der Waals surface area contributed by atoms with E-state index in [2.05, 4.69) is 28.2 Å². The molecule has 0 radical (unpaired) electrons. The molecule has 0 atom stereocenters. The number of benzene rings is 2. The summed E-state index contributed by atoms with van der Waals surface area (Å²) in [7, 11) is 5.24. The largest absolute Gasteiger partial charge is 0.497 e. The number of carbonyl (C=O) groups excluding carboxylic acids is 1. The van der Waals surface area contributed by atoms with Gasteiger partial charge in [0.2, 0.25) is 5.91 Å². The predicted octanol–water partition coefficient (Wildman–Crippen LogP) is 2.60. The number of methoxy groups -OCH3 is 2. The number of fused-ring (bicyclic) bond motifs is 1. The van der Waals surface area contributed by atoms with Crippen LogP contribution in [0.15, 0.2) is 42.5 Å². The van der Waals surface area contributed by atoms with Crippen LogP contribution in [0.2, 0.25) is 0 Å². The highest BCUT2D eigenvalue weighted by molar-refractivity contribution is 5.96. The summed E-state index contributed by atoms with van der Waals surface area (Å²) in [5.74, 6) is 1.18. The van der Waals surface area contributed by atoms with E-state index in [0.29, 0.717) is 17.2 Å². The van der Waals surface area contributed by atoms with Crippen LogP contribution in [-0.2, 0) is 4.79 Å². The van der Waals surface area contributed by atoms with Gasteiger partial charge in [0.05, 0.1) is 37.8 Å². The normalized spacial score (nSPS) is 13.2. The van der Waals surface area contributed by atoms with Crippen molar-refractivity contribution in [3.63, 3.8) is 0 Å². The second-order valence-electron chi connectivity index (χ2n) is 5.95. The van der Waals surface area contributed by atoms with Gasteiger partial charge >= 0.3 is 0 Å². The predicted molar refractivity (Wildman–Crippen MR) is 100 cm³/mol. The maximum absolute atomic E-state index is 12.6. The van der Waals surface area contributed by atoms with E-state index in [1.165, 1.54) is 0 Å². The van der Waals surface area contributed by atoms with E-state index in [4.69, 9.17) is 9.47 Å². The van der Waals surface area contributed by atoms with Gasteiger partial charge < -0.3 is 24.6 Å². The molecule has 0 saturated carbocycles. The maximum Gasteiger partial charge on any atom is 0.243 e. The number of para-hydroxylation sites is 2. The molecular weight excluding hydrogens is 318 g/mol. The minimum atomic E-state index is -0.0918. The van der Waals surface area contributed by atoms with Gasteiger partial charge in [-0.2, -0.15) is 0 Å². The summed E-state index contributed by atoms with van der Waals surface area (Å²) >= 11 is 0. The zero-order chi connectivity index (χ0) is 17.8. The molecule has 0 spiro atoms. The van der Waals surface area contributed by atoms with Crippen LogP contribution in [-0.4, -0.2) is 46.8 Å². The summed E-state index contributed by atoms with van der Waals surface area (Å²) in [5.41, 5.74) is 2.82. The molecule has 132 valence electrons. The summed E-state index contributed by atoms with van der Waals surface area (Å²) in [6.07, 6.45) is 0. The van der Waals surface area contributed by atoms with Crippen LogP contribution in [0.5, 0.6) is 11.5 Å². The number of amides is 1. The van der Waals surface area contributed by atoms with Crippen molar-refractivity contribution in [1.82, 2.24) is 0 Å². The minimum absolute atomic E-state index is 0.0918. The van der Waals surface area contributed by atoms with E-state index in [0.717, 1.165) is 24.5 Å². The fraction of sp³-hybridized carbons (Fsp3) is 0.316. The maximum atomic E-state index is 12.6. The Hall–Kier alpha value is -2.89. The highest BCUT2D eigenvalue weighted by Gasteiger charge is 2.22. The Bertz CT molecular complexity index is 763. The summed E-state index contributed by atoms with van der Waals surface area (Å²) in [6, 6.07) is 13.5. The highest BCUT2D eigenvalue weighted by Crippen LogP contribution is 2.32. The summed E-state index contributed by atoms with van der Waals surface area (Å²) in [6.45, 7) is 1.97. The molecule has 0 aliphatic carbocycles. The van der Waals surface area contributed by atoms with Crippen molar-refractivity contribution in [2.24, 2.45) is 0 Å². The van der Waals surface area contributed by atoms with Crippen molar-refractivity contribution in [1.29, 1.82) is 0 Å². The Morgan fingerprint density at radius 3 is 2.56 bits per heavy atom. The molecule has 2 aromatic carbocycles. The molecule has 2 aromatic rings. The summed E-state index contributed by atoms with van der Waals surface area (Å²) in [4.78, 5) is 16.9. The van der Waals surface area contributed by atoms with Gasteiger partial charge in [-0.3, -0.25) is 4.79 Å². The number of nitrogens with one attached hydrogen (secondary N) is 1. The van der Waals surface area contributed by atoms with Crippen LogP contribution in [0, 0.1) is 0 Å². The number of hydrogen-bond donors (Lipinski definition) is 1. The van der Waals surface area contributed by atoms with E-state index in [9.17, 15) is 4.79 Å². The standard InChI is InChI=1S/C19H23N3O3/c1-21-10-11-22(17-7-5-4-6-16(17)21)13-19(23)20-15-12-14(24-2)8-9-18(15)25-3/h4-9,12H,10-11,13H2,1-3H3,(H,20,23). The van der Waals surface area contributed by atoms with Crippen LogP contribution in [0.25, 0.3) is 0 Å². The van der Waals surface area contributed by atoms with E-state index >= 15 is 0 Å². The molecule has 1 N–H and O–H groups in total. The first-order chi connectivity index (χ1) is 12.1. The number of nitrogens with zero attached hydrogens (tertiary/aromatic N) is 2. The van der Waals surface area contributed by atoms with Gasteiger partial charge in [0.25, 0.3) is 0 Å². The molecule has 0 fully saturated rings. The number of hydrogen-bond acceptors (Lipinski definition) is 5. The van der Waals surface area contributed by atoms with E-state index in [1.807, 2.05) is 18.2 Å². The molecule has 0 aromatic heterocycles. The fourth-order valence-corrected chi connectivity index (χ4v) is 3.01. The van der Waals surface area contributed by atoms with Gasteiger partial charge in [-0.25, -0.2) is 0 Å². The van der Waals surface area contributed by atoms with Gasteiger partial charge in [0.1, 0.15) is 11.5 Å². The van der Waals surface area contributed by atoms with E-state index in [-0.39, 0.29) is 12.5 Å². The molecule has 0 saturated heterocycles. The second-order valence-corrected chi connectivity index (χ2v) is 5.95. The fourth-order valence-electron chi connectivity index (χ4n) is 3.01. The van der Waals surface area contributed by atoms with Crippen molar-refractivity contribution < 1.29 is 14.3 Å². The molecule has 1 aliphatic heterocycles. The lowest BCUT2D eigenvalue weighted by Gasteiger charge is -2.36. The number of carbonyl (C=O) groups is 1. The topological polar surface area (TPSA) is 54.0 Å². The molecule has 1 heterocycles. The Kier molecular flexibility index (Phi) is 4.97. The second kappa shape index (κ2) is 7.34. The third-order valence-electron chi connectivity index (χ3n) is 4.35. The van der Waals surface area contributed by atoms with Gasteiger partial charge in [0.15, 0.2) is 0 Å². The van der Waals surface area contributed by atoms with Crippen molar-refractivity contribution in [2.45, 2.75) is 0 Å². The molecule has 0 bridgehead atoms. The molecule has 0 unspecified atom stereocenters. The number of anilines is 3. The highest BCUT2D eigenvalue weighted by atomic mass is 16.5. The number of likely N-dealkylation sites (N-methyl/N-ethyl adjacent to an activating group) is 1. The molecule has 25 heavy (non-hydrogen) atoms. The zero-order valence-electron chi connectivity index (χ0n) is 14.8. The van der Waals surface area contributed by atoms with Gasteiger partial charge in [0, 0.05) is 26.2 Å². The van der Waals surface area contributed by atoms with Crippen LogP contribution < -0.4 is 24.6 Å². The SMILES string of the molecule is COc1ccc(OC)c(NC(=O)CN2CCN(C)c3ccccc32)c1. The lowest BCUT2D eigenvalue weighted by atomic mass is 10.1. The Balaban J connectivity index is 1.75. The number of rotatable bonds is 5. The quantitative estimate of drug-likeness (QED) is 0.906. The van der Waals surface area contributed by atoms with Gasteiger partial charge in [-0.15, -0.1) is 0 Å². The van der Waals surface area contributed by atoms with Gasteiger partial charge in [-0.1, -0.05) is 12.1 Å². The Morgan fingerprint density at radius 2 is 1.84 bits per heavy atom. The first kappa shape index (κ1) is 17.0. The van der Waals surface area contributed by atoms with E-state index < -0.39 is 0 Å². The molecule has 3 rings (SSSR count). The van der Waals surface area contributed by atoms with Crippen molar-refractivity contribution in [2.75, 3.05) is 56.0 Å². The third-order valence-corrected chi connectivity index (χ3v) is 4.35. The van der Waals surface area contributed by atoms with Crippen molar-refractivity contribution >= 4 is 23.0 Å². The smallest absolute Gasteiger partial charge is 0.243 e. The first-order valence-electron chi connectivity index (χ1n) is 8.19. The number of ether oxygens (including phenoxy) is 2. The molecule has 1 amide bonds. The molecule has 1 aliphatic rings. The lowest BCUT2D eigenvalue weighted by molar-refractivity contribution is -0.115. The first-order valence-corrected chi connectivity index (χ1v) is 8.19. The minimum Gasteiger partial charge on any atom is -0.497 e. The monoisotopic (exact) mass is 341 g/mol. The molecular formula is C19H23N3O3.